The largest absolute Gasteiger partial charge is 0.394 e. The summed E-state index contributed by atoms with van der Waals surface area (Å²) in [7, 11) is 0. The minimum Gasteiger partial charge on any atom is -0.394 e. The maximum absolute atomic E-state index is 8.56. The molecule has 104 valence electrons. The molecule has 0 saturated carbocycles. The summed E-state index contributed by atoms with van der Waals surface area (Å²) < 4.78 is 5.19. The van der Waals surface area contributed by atoms with Crippen molar-refractivity contribution in [2.24, 2.45) is 0 Å². The zero-order chi connectivity index (χ0) is 13.5. The lowest BCUT2D eigenvalue weighted by Crippen LogP contribution is -2.16. The number of hydrogen-bond acceptors (Lipinski definition) is 3. The molecule has 0 aliphatic carbocycles. The molecule has 0 spiro atoms. The van der Waals surface area contributed by atoms with Gasteiger partial charge in [0, 0.05) is 35.3 Å². The van der Waals surface area contributed by atoms with Crippen molar-refractivity contribution in [1.29, 1.82) is 0 Å². The molecule has 0 aliphatic rings. The average molecular weight is 283 g/mol. The van der Waals surface area contributed by atoms with Crippen molar-refractivity contribution >= 4 is 22.5 Å². The van der Waals surface area contributed by atoms with Gasteiger partial charge in [0.15, 0.2) is 0 Å². The van der Waals surface area contributed by atoms with Gasteiger partial charge in [0.25, 0.3) is 0 Å². The van der Waals surface area contributed by atoms with Gasteiger partial charge in [0.05, 0.1) is 13.2 Å². The van der Waals surface area contributed by atoms with Crippen LogP contribution in [0.5, 0.6) is 0 Å². The van der Waals surface area contributed by atoms with E-state index in [9.17, 15) is 0 Å². The first-order chi connectivity index (χ1) is 9.31. The number of benzene rings is 1. The maximum Gasteiger partial charge on any atom is 0.0697 e. The normalized spacial score (nSPS) is 11.3. The summed E-state index contributed by atoms with van der Waals surface area (Å²) in [5.41, 5.74) is 2.30. The molecule has 4 nitrogen and oxygen atoms in total. The number of aromatic nitrogens is 1. The van der Waals surface area contributed by atoms with Crippen LogP contribution in [-0.4, -0.2) is 36.5 Å². The fraction of sp³-hybridized carbons (Fsp3) is 0.429. The molecule has 0 bridgehead atoms. The van der Waals surface area contributed by atoms with Crippen LogP contribution in [0.4, 0.5) is 0 Å². The van der Waals surface area contributed by atoms with Crippen molar-refractivity contribution in [1.82, 2.24) is 10.3 Å². The number of ether oxygens (including phenoxy) is 1. The Balaban J connectivity index is 1.76. The van der Waals surface area contributed by atoms with E-state index in [2.05, 4.69) is 10.3 Å². The molecule has 1 heterocycles. The first-order valence-electron chi connectivity index (χ1n) is 6.46. The van der Waals surface area contributed by atoms with Crippen LogP contribution < -0.4 is 5.32 Å². The van der Waals surface area contributed by atoms with E-state index in [1.54, 1.807) is 0 Å². The zero-order valence-electron chi connectivity index (χ0n) is 10.8. The number of aliphatic hydroxyl groups excluding tert-OH is 1. The number of fused-ring (bicyclic) bond motifs is 1. The summed E-state index contributed by atoms with van der Waals surface area (Å²) in [4.78, 5) is 3.22. The molecule has 19 heavy (non-hydrogen) atoms. The maximum atomic E-state index is 8.56. The third kappa shape index (κ3) is 4.21. The van der Waals surface area contributed by atoms with Crippen LogP contribution in [0.1, 0.15) is 12.0 Å². The second-order valence-electron chi connectivity index (χ2n) is 4.37. The summed E-state index contributed by atoms with van der Waals surface area (Å²) in [5, 5.41) is 13.9. The van der Waals surface area contributed by atoms with Gasteiger partial charge in [-0.05, 0) is 30.7 Å². The highest BCUT2D eigenvalue weighted by Crippen LogP contribution is 2.21. The third-order valence-corrected chi connectivity index (χ3v) is 3.16. The Morgan fingerprint density at radius 3 is 3.05 bits per heavy atom. The molecule has 0 aliphatic heterocycles. The highest BCUT2D eigenvalue weighted by molar-refractivity contribution is 6.31. The van der Waals surface area contributed by atoms with E-state index in [-0.39, 0.29) is 6.61 Å². The van der Waals surface area contributed by atoms with Crippen LogP contribution in [0.25, 0.3) is 10.9 Å². The van der Waals surface area contributed by atoms with Gasteiger partial charge in [-0.25, -0.2) is 0 Å². The molecule has 0 atom stereocenters. The number of rotatable bonds is 8. The molecule has 0 radical (unpaired) electrons. The Labute approximate surface area is 117 Å². The molecule has 1 aromatic heterocycles. The minimum atomic E-state index is 0.0886. The summed E-state index contributed by atoms with van der Waals surface area (Å²) in [6.45, 7) is 2.90. The van der Waals surface area contributed by atoms with E-state index in [1.807, 2.05) is 24.4 Å². The van der Waals surface area contributed by atoms with Gasteiger partial charge in [-0.3, -0.25) is 0 Å². The molecular weight excluding hydrogens is 264 g/mol. The summed E-state index contributed by atoms with van der Waals surface area (Å²) in [6.07, 6.45) is 2.95. The van der Waals surface area contributed by atoms with Gasteiger partial charge in [-0.15, -0.1) is 0 Å². The lowest BCUT2D eigenvalue weighted by molar-refractivity contribution is 0.0907. The number of aliphatic hydroxyl groups is 1. The number of halogens is 1. The summed E-state index contributed by atoms with van der Waals surface area (Å²) >= 11 is 5.95. The van der Waals surface area contributed by atoms with Gasteiger partial charge >= 0.3 is 0 Å². The minimum absolute atomic E-state index is 0.0886. The number of H-pyrrole nitrogens is 1. The van der Waals surface area contributed by atoms with Crippen LogP contribution in [0, 0.1) is 0 Å². The van der Waals surface area contributed by atoms with E-state index in [0.29, 0.717) is 13.2 Å². The van der Waals surface area contributed by atoms with Gasteiger partial charge < -0.3 is 20.1 Å². The molecule has 1 aromatic carbocycles. The van der Waals surface area contributed by atoms with E-state index in [4.69, 9.17) is 21.4 Å². The van der Waals surface area contributed by atoms with Gasteiger partial charge in [-0.2, -0.15) is 0 Å². The van der Waals surface area contributed by atoms with Crippen molar-refractivity contribution in [2.45, 2.75) is 13.0 Å². The van der Waals surface area contributed by atoms with Crippen LogP contribution >= 0.6 is 11.6 Å². The Morgan fingerprint density at radius 1 is 1.32 bits per heavy atom. The lowest BCUT2D eigenvalue weighted by Gasteiger charge is -2.04. The van der Waals surface area contributed by atoms with Crippen molar-refractivity contribution in [3.63, 3.8) is 0 Å². The average Bonchev–Trinajstić information content (AvgIpc) is 2.80. The highest BCUT2D eigenvalue weighted by Gasteiger charge is 2.03. The molecular formula is C14H19ClN2O2. The Hall–Kier alpha value is -1.07. The molecule has 0 saturated heterocycles. The number of aromatic amines is 1. The molecule has 2 rings (SSSR count). The molecule has 2 aromatic rings. The van der Waals surface area contributed by atoms with Crippen LogP contribution in [0.15, 0.2) is 24.4 Å². The molecule has 0 amide bonds. The van der Waals surface area contributed by atoms with Crippen molar-refractivity contribution < 1.29 is 9.84 Å². The number of hydrogen-bond donors (Lipinski definition) is 3. The van der Waals surface area contributed by atoms with Gasteiger partial charge in [0.1, 0.15) is 0 Å². The highest BCUT2D eigenvalue weighted by atomic mass is 35.5. The van der Waals surface area contributed by atoms with E-state index in [1.165, 1.54) is 10.9 Å². The fourth-order valence-corrected chi connectivity index (χ4v) is 2.17. The van der Waals surface area contributed by atoms with Crippen LogP contribution in [-0.2, 0) is 11.3 Å². The van der Waals surface area contributed by atoms with Crippen molar-refractivity contribution in [3.8, 4) is 0 Å². The van der Waals surface area contributed by atoms with E-state index < -0.39 is 0 Å². The molecule has 5 heteroatoms. The quantitative estimate of drug-likeness (QED) is 0.651. The first kappa shape index (κ1) is 14.3. The SMILES string of the molecule is OCCOCCCNCc1c[nH]c2cc(Cl)ccc12. The summed E-state index contributed by atoms with van der Waals surface area (Å²) in [5.74, 6) is 0. The third-order valence-electron chi connectivity index (χ3n) is 2.92. The van der Waals surface area contributed by atoms with Crippen molar-refractivity contribution in [2.75, 3.05) is 26.4 Å². The van der Waals surface area contributed by atoms with E-state index >= 15 is 0 Å². The second-order valence-corrected chi connectivity index (χ2v) is 4.81. The Morgan fingerprint density at radius 2 is 2.21 bits per heavy atom. The first-order valence-corrected chi connectivity index (χ1v) is 6.84. The summed E-state index contributed by atoms with van der Waals surface area (Å²) in [6, 6.07) is 5.88. The van der Waals surface area contributed by atoms with Gasteiger partial charge in [0.2, 0.25) is 0 Å². The standard InChI is InChI=1S/C14H19ClN2O2/c15-12-2-3-13-11(10-17-14(13)8-12)9-16-4-1-6-19-7-5-18/h2-3,8,10,16-18H,1,4-7,9H2. The molecule has 3 N–H and O–H groups in total. The Bertz CT molecular complexity index is 513. The second kappa shape index (κ2) is 7.50. The Kier molecular flexibility index (Phi) is 5.66. The van der Waals surface area contributed by atoms with Gasteiger partial charge in [-0.1, -0.05) is 17.7 Å². The van der Waals surface area contributed by atoms with Crippen LogP contribution in [0.3, 0.4) is 0 Å². The monoisotopic (exact) mass is 282 g/mol. The predicted molar refractivity (Wildman–Crippen MR) is 77.5 cm³/mol. The topological polar surface area (TPSA) is 57.3 Å². The number of nitrogens with one attached hydrogen (secondary N) is 2. The fourth-order valence-electron chi connectivity index (χ4n) is 1.99. The van der Waals surface area contributed by atoms with Crippen LogP contribution in [0.2, 0.25) is 5.02 Å². The van der Waals surface area contributed by atoms with Crippen molar-refractivity contribution in [3.05, 3.63) is 35.0 Å². The molecule has 0 fully saturated rings. The lowest BCUT2D eigenvalue weighted by atomic mass is 10.2. The molecule has 0 unspecified atom stereocenters. The van der Waals surface area contributed by atoms with E-state index in [0.717, 1.165) is 30.0 Å². The zero-order valence-corrected chi connectivity index (χ0v) is 11.5. The smallest absolute Gasteiger partial charge is 0.0697 e. The predicted octanol–water partition coefficient (Wildman–Crippen LogP) is 2.31.